The second-order valence-electron chi connectivity index (χ2n) is 6.61. The summed E-state index contributed by atoms with van der Waals surface area (Å²) in [6.45, 7) is 6.92. The van der Waals surface area contributed by atoms with Crippen LogP contribution in [-0.4, -0.2) is 37.6 Å². The van der Waals surface area contributed by atoms with Gasteiger partial charge >= 0.3 is 5.82 Å². The average molecular weight is 443 g/mol. The maximum Gasteiger partial charge on any atom is 0.519 e. The van der Waals surface area contributed by atoms with Crippen LogP contribution in [0.3, 0.4) is 0 Å². The zero-order valence-corrected chi connectivity index (χ0v) is 18.1. The topological polar surface area (TPSA) is 49.8 Å². The van der Waals surface area contributed by atoms with Crippen molar-refractivity contribution in [1.29, 1.82) is 0 Å². The number of rotatable bonds is 5. The fraction of sp³-hybridized carbons (Fsp3) is 0.350. The van der Waals surface area contributed by atoms with Gasteiger partial charge in [-0.1, -0.05) is 18.2 Å². The number of benzene rings is 1. The van der Waals surface area contributed by atoms with Gasteiger partial charge in [-0.2, -0.15) is 0 Å². The van der Waals surface area contributed by atoms with E-state index < -0.39 is 5.82 Å². The van der Waals surface area contributed by atoms with Gasteiger partial charge < -0.3 is 13.7 Å². The first-order valence-corrected chi connectivity index (χ1v) is 9.78. The lowest BCUT2D eigenvalue weighted by atomic mass is 10.2. The SMILES string of the molecule is Cc1csc(-c2oc(=O)oc2CCN2CCN(c3ccccc3)CC2)c1.Cl.Cl. The van der Waals surface area contributed by atoms with Crippen LogP contribution in [0.25, 0.3) is 10.6 Å². The minimum atomic E-state index is -0.616. The fourth-order valence-electron chi connectivity index (χ4n) is 3.34. The largest absolute Gasteiger partial charge is 0.519 e. The maximum atomic E-state index is 11.6. The predicted molar refractivity (Wildman–Crippen MR) is 119 cm³/mol. The normalized spacial score (nSPS) is 14.4. The molecular weight excluding hydrogens is 419 g/mol. The van der Waals surface area contributed by atoms with Crippen LogP contribution in [0.15, 0.2) is 55.4 Å². The minimum Gasteiger partial charge on any atom is -0.395 e. The molecule has 8 heteroatoms. The summed E-state index contributed by atoms with van der Waals surface area (Å²) in [6, 6.07) is 12.6. The van der Waals surface area contributed by atoms with Crippen molar-refractivity contribution >= 4 is 41.8 Å². The van der Waals surface area contributed by atoms with E-state index in [-0.39, 0.29) is 24.8 Å². The first kappa shape index (κ1) is 22.6. The molecule has 152 valence electrons. The molecule has 5 nitrogen and oxygen atoms in total. The lowest BCUT2D eigenvalue weighted by Gasteiger charge is -2.36. The second kappa shape index (κ2) is 10.2. The Labute approximate surface area is 180 Å². The Hall–Kier alpha value is -1.73. The molecule has 1 aliphatic heterocycles. The fourth-order valence-corrected chi connectivity index (χ4v) is 4.24. The van der Waals surface area contributed by atoms with E-state index in [0.29, 0.717) is 17.9 Å². The highest BCUT2D eigenvalue weighted by atomic mass is 35.5. The molecule has 1 aromatic carbocycles. The summed E-state index contributed by atoms with van der Waals surface area (Å²) in [7, 11) is 0. The maximum absolute atomic E-state index is 11.6. The summed E-state index contributed by atoms with van der Waals surface area (Å²) in [6.07, 6.45) is 0.684. The van der Waals surface area contributed by atoms with Crippen molar-refractivity contribution in [2.24, 2.45) is 0 Å². The Morgan fingerprint density at radius 2 is 1.75 bits per heavy atom. The number of aryl methyl sites for hydroxylation is 1. The van der Waals surface area contributed by atoms with E-state index in [2.05, 4.69) is 39.4 Å². The van der Waals surface area contributed by atoms with Crippen LogP contribution < -0.4 is 10.7 Å². The first-order chi connectivity index (χ1) is 12.7. The first-order valence-electron chi connectivity index (χ1n) is 8.90. The van der Waals surface area contributed by atoms with Gasteiger partial charge in [-0.3, -0.25) is 4.90 Å². The Morgan fingerprint density at radius 1 is 1.04 bits per heavy atom. The van der Waals surface area contributed by atoms with Crippen LogP contribution in [0.4, 0.5) is 5.69 Å². The molecule has 2 aromatic heterocycles. The molecule has 1 saturated heterocycles. The third-order valence-corrected chi connectivity index (χ3v) is 5.80. The smallest absolute Gasteiger partial charge is 0.395 e. The molecule has 1 fully saturated rings. The molecule has 0 unspecified atom stereocenters. The Bertz CT molecular complexity index is 915. The van der Waals surface area contributed by atoms with Gasteiger partial charge in [0.15, 0.2) is 11.5 Å². The lowest BCUT2D eigenvalue weighted by molar-refractivity contribution is 0.254. The minimum absolute atomic E-state index is 0. The predicted octanol–water partition coefficient (Wildman–Crippen LogP) is 4.48. The third kappa shape index (κ3) is 5.20. The van der Waals surface area contributed by atoms with E-state index in [1.165, 1.54) is 5.69 Å². The summed E-state index contributed by atoms with van der Waals surface area (Å²) in [5, 5.41) is 2.05. The number of para-hydroxylation sites is 1. The Kier molecular flexibility index (Phi) is 8.19. The van der Waals surface area contributed by atoms with Gasteiger partial charge in [0, 0.05) is 44.8 Å². The summed E-state index contributed by atoms with van der Waals surface area (Å²) in [5.41, 5.74) is 2.44. The van der Waals surface area contributed by atoms with E-state index in [0.717, 1.165) is 43.2 Å². The molecule has 4 rings (SSSR count). The van der Waals surface area contributed by atoms with Crippen LogP contribution in [0.1, 0.15) is 11.3 Å². The van der Waals surface area contributed by atoms with Crippen LogP contribution in [-0.2, 0) is 6.42 Å². The monoisotopic (exact) mass is 442 g/mol. The highest BCUT2D eigenvalue weighted by Crippen LogP contribution is 2.29. The third-order valence-electron chi connectivity index (χ3n) is 4.75. The molecule has 0 bridgehead atoms. The summed E-state index contributed by atoms with van der Waals surface area (Å²) < 4.78 is 10.6. The molecule has 0 N–H and O–H groups in total. The molecule has 1 aliphatic rings. The van der Waals surface area contributed by atoms with E-state index >= 15 is 0 Å². The zero-order valence-electron chi connectivity index (χ0n) is 15.6. The van der Waals surface area contributed by atoms with Gasteiger partial charge in [-0.15, -0.1) is 36.2 Å². The van der Waals surface area contributed by atoms with Gasteiger partial charge in [0.05, 0.1) is 4.88 Å². The molecule has 0 saturated carbocycles. The zero-order chi connectivity index (χ0) is 17.9. The molecule has 0 spiro atoms. The van der Waals surface area contributed by atoms with E-state index in [1.54, 1.807) is 11.3 Å². The molecule has 28 heavy (non-hydrogen) atoms. The molecule has 3 heterocycles. The molecular formula is C20H24Cl2N2O3S. The molecule has 0 atom stereocenters. The number of hydrogen-bond donors (Lipinski definition) is 0. The second-order valence-corrected chi connectivity index (χ2v) is 7.52. The number of piperazine rings is 1. The highest BCUT2D eigenvalue weighted by molar-refractivity contribution is 7.13. The van der Waals surface area contributed by atoms with Gasteiger partial charge in [-0.25, -0.2) is 4.79 Å². The van der Waals surface area contributed by atoms with Crippen LogP contribution >= 0.6 is 36.2 Å². The van der Waals surface area contributed by atoms with Crippen LogP contribution in [0.5, 0.6) is 0 Å². The van der Waals surface area contributed by atoms with Crippen molar-refractivity contribution in [2.75, 3.05) is 37.6 Å². The van der Waals surface area contributed by atoms with Crippen molar-refractivity contribution in [3.63, 3.8) is 0 Å². The number of anilines is 1. The van der Waals surface area contributed by atoms with E-state index in [1.807, 2.05) is 19.1 Å². The van der Waals surface area contributed by atoms with Crippen molar-refractivity contribution in [3.05, 3.63) is 63.7 Å². The van der Waals surface area contributed by atoms with Gasteiger partial charge in [-0.05, 0) is 36.1 Å². The van der Waals surface area contributed by atoms with Crippen molar-refractivity contribution in [3.8, 4) is 10.6 Å². The molecule has 0 radical (unpaired) electrons. The van der Waals surface area contributed by atoms with Gasteiger partial charge in [0.2, 0.25) is 0 Å². The van der Waals surface area contributed by atoms with Crippen LogP contribution in [0, 0.1) is 6.92 Å². The van der Waals surface area contributed by atoms with Crippen molar-refractivity contribution in [2.45, 2.75) is 13.3 Å². The standard InChI is InChI=1S/C20H22N2O3S.2ClH/c1-15-13-18(26-14-15)19-17(24-20(23)25-19)7-8-21-9-11-22(12-10-21)16-5-3-2-4-6-16;;/h2-6,13-14H,7-12H2,1H3;2*1H. The van der Waals surface area contributed by atoms with E-state index in [9.17, 15) is 4.79 Å². The van der Waals surface area contributed by atoms with Gasteiger partial charge in [0.25, 0.3) is 0 Å². The van der Waals surface area contributed by atoms with Crippen LogP contribution in [0.2, 0.25) is 0 Å². The Morgan fingerprint density at radius 3 is 2.39 bits per heavy atom. The van der Waals surface area contributed by atoms with Gasteiger partial charge in [0.1, 0.15) is 0 Å². The van der Waals surface area contributed by atoms with Crippen molar-refractivity contribution < 1.29 is 8.83 Å². The summed E-state index contributed by atoms with van der Waals surface area (Å²) >= 11 is 1.58. The number of halogens is 2. The number of hydrogen-bond acceptors (Lipinski definition) is 6. The molecule has 3 aromatic rings. The summed E-state index contributed by atoms with van der Waals surface area (Å²) in [5.74, 6) is 0.633. The molecule has 0 amide bonds. The highest BCUT2D eigenvalue weighted by Gasteiger charge is 2.20. The number of thiophene rings is 1. The van der Waals surface area contributed by atoms with Crippen molar-refractivity contribution in [1.82, 2.24) is 4.90 Å². The number of nitrogens with zero attached hydrogens (tertiary/aromatic N) is 2. The van der Waals surface area contributed by atoms with E-state index in [4.69, 9.17) is 8.83 Å². The Balaban J connectivity index is 0.00000140. The quantitative estimate of drug-likeness (QED) is 0.582. The summed E-state index contributed by atoms with van der Waals surface area (Å²) in [4.78, 5) is 17.4. The molecule has 0 aliphatic carbocycles. The lowest BCUT2D eigenvalue weighted by Crippen LogP contribution is -2.47. The average Bonchev–Trinajstić information content (AvgIpc) is 3.26.